The Kier molecular flexibility index (Phi) is 8.31. The minimum Gasteiger partial charge on any atom is -0.345 e. The lowest BCUT2D eigenvalue weighted by atomic mass is 10.1. The molecule has 7 nitrogen and oxygen atoms in total. The molecule has 8 heteroatoms. The van der Waals surface area contributed by atoms with Crippen molar-refractivity contribution in [1.82, 2.24) is 20.5 Å². The van der Waals surface area contributed by atoms with E-state index in [4.69, 9.17) is 0 Å². The molecule has 0 saturated carbocycles. The Morgan fingerprint density at radius 2 is 1.69 bits per heavy atom. The Bertz CT molecular complexity index is 1370. The largest absolute Gasteiger partial charge is 0.345 e. The van der Waals surface area contributed by atoms with Crippen LogP contribution < -0.4 is 10.6 Å². The summed E-state index contributed by atoms with van der Waals surface area (Å²) < 4.78 is 0. The maximum absolute atomic E-state index is 12.9. The topological polar surface area (TPSA) is 99.8 Å². The summed E-state index contributed by atoms with van der Waals surface area (Å²) in [5.74, 6) is 0.206. The van der Waals surface area contributed by atoms with Gasteiger partial charge in [0.15, 0.2) is 0 Å². The van der Waals surface area contributed by atoms with Crippen molar-refractivity contribution in [3.8, 4) is 0 Å². The van der Waals surface area contributed by atoms with Crippen LogP contribution in [0.2, 0.25) is 0 Å². The van der Waals surface area contributed by atoms with Gasteiger partial charge in [-0.1, -0.05) is 84.6 Å². The number of nitrogens with one attached hydrogen (secondary N) is 3. The minimum atomic E-state index is -0.256. The van der Waals surface area contributed by atoms with Crippen LogP contribution in [0.25, 0.3) is 12.2 Å². The van der Waals surface area contributed by atoms with Crippen molar-refractivity contribution in [1.29, 1.82) is 0 Å². The molecule has 3 aromatic carbocycles. The zero-order chi connectivity index (χ0) is 25.3. The van der Waals surface area contributed by atoms with Gasteiger partial charge in [0.25, 0.3) is 5.91 Å². The predicted molar refractivity (Wildman–Crippen MR) is 145 cm³/mol. The number of aryl methyl sites for hydroxylation is 1. The molecule has 3 N–H and O–H groups in total. The van der Waals surface area contributed by atoms with Crippen LogP contribution in [0.4, 0.5) is 5.69 Å². The summed E-state index contributed by atoms with van der Waals surface area (Å²) in [5.41, 5.74) is 4.13. The van der Waals surface area contributed by atoms with Gasteiger partial charge >= 0.3 is 0 Å². The average Bonchev–Trinajstić information content (AvgIpc) is 3.35. The summed E-state index contributed by atoms with van der Waals surface area (Å²) in [5, 5.41) is 13.3. The van der Waals surface area contributed by atoms with Gasteiger partial charge in [-0.15, -0.1) is 5.10 Å². The van der Waals surface area contributed by atoms with Gasteiger partial charge < -0.3 is 10.6 Å². The predicted octanol–water partition coefficient (Wildman–Crippen LogP) is 5.51. The highest BCUT2D eigenvalue weighted by Gasteiger charge is 2.16. The lowest BCUT2D eigenvalue weighted by Crippen LogP contribution is -2.28. The van der Waals surface area contributed by atoms with Crippen molar-refractivity contribution in [2.24, 2.45) is 0 Å². The first-order valence-corrected chi connectivity index (χ1v) is 12.5. The molecule has 4 aromatic rings. The van der Waals surface area contributed by atoms with Crippen molar-refractivity contribution in [2.45, 2.75) is 25.0 Å². The van der Waals surface area contributed by atoms with E-state index >= 15 is 0 Å². The third-order valence-electron chi connectivity index (χ3n) is 5.52. The molecule has 0 fully saturated rings. The molecule has 1 atom stereocenters. The van der Waals surface area contributed by atoms with Crippen molar-refractivity contribution in [2.75, 3.05) is 11.1 Å². The van der Waals surface area contributed by atoms with E-state index in [1.807, 2.05) is 80.6 Å². The molecule has 1 heterocycles. The second-order valence-electron chi connectivity index (χ2n) is 8.18. The number of amides is 2. The highest BCUT2D eigenvalue weighted by Crippen LogP contribution is 2.20. The normalized spacial score (nSPS) is 11.8. The molecular formula is C28H27N5O2S. The lowest BCUT2D eigenvalue weighted by Gasteiger charge is -2.16. The third-order valence-corrected chi connectivity index (χ3v) is 6.36. The van der Waals surface area contributed by atoms with E-state index in [2.05, 4.69) is 25.8 Å². The molecule has 0 aliphatic heterocycles. The Hall–Kier alpha value is -4.17. The van der Waals surface area contributed by atoms with E-state index in [-0.39, 0.29) is 23.6 Å². The maximum atomic E-state index is 12.9. The molecule has 2 amide bonds. The first-order chi connectivity index (χ1) is 17.5. The number of carbonyl (C=O) groups excluding carboxylic acids is 2. The van der Waals surface area contributed by atoms with E-state index in [9.17, 15) is 9.59 Å². The number of hydrogen-bond acceptors (Lipinski definition) is 5. The monoisotopic (exact) mass is 497 g/mol. The number of nitrogens with zero attached hydrogens (tertiary/aromatic N) is 2. The minimum absolute atomic E-state index is 0.106. The van der Waals surface area contributed by atoms with Crippen molar-refractivity contribution in [3.05, 3.63) is 107 Å². The number of para-hydroxylation sites is 1. The number of H-pyrrole nitrogens is 1. The van der Waals surface area contributed by atoms with Gasteiger partial charge in [0, 0.05) is 0 Å². The molecule has 0 saturated heterocycles. The van der Waals surface area contributed by atoms with Crippen molar-refractivity contribution in [3.63, 3.8) is 0 Å². The highest BCUT2D eigenvalue weighted by atomic mass is 32.2. The smallest absolute Gasteiger partial charge is 0.253 e. The zero-order valence-corrected chi connectivity index (χ0v) is 20.9. The molecule has 0 spiro atoms. The number of thioether (sulfide) groups is 1. The van der Waals surface area contributed by atoms with E-state index < -0.39 is 0 Å². The summed E-state index contributed by atoms with van der Waals surface area (Å²) in [6.45, 7) is 3.97. The van der Waals surface area contributed by atoms with Gasteiger partial charge in [0.1, 0.15) is 5.82 Å². The first-order valence-electron chi connectivity index (χ1n) is 11.5. The zero-order valence-electron chi connectivity index (χ0n) is 20.1. The van der Waals surface area contributed by atoms with Gasteiger partial charge in [-0.05, 0) is 48.7 Å². The quantitative estimate of drug-likeness (QED) is 0.265. The summed E-state index contributed by atoms with van der Waals surface area (Å²) in [4.78, 5) is 29.9. The highest BCUT2D eigenvalue weighted by molar-refractivity contribution is 7.99. The van der Waals surface area contributed by atoms with Crippen LogP contribution in [-0.4, -0.2) is 32.7 Å². The van der Waals surface area contributed by atoms with E-state index in [0.717, 1.165) is 11.1 Å². The fraction of sp³-hybridized carbons (Fsp3) is 0.143. The van der Waals surface area contributed by atoms with Crippen LogP contribution in [-0.2, 0) is 4.79 Å². The number of hydrogen-bond donors (Lipinski definition) is 3. The summed E-state index contributed by atoms with van der Waals surface area (Å²) in [6.07, 6.45) is 3.82. The van der Waals surface area contributed by atoms with Gasteiger partial charge in [0.2, 0.25) is 11.1 Å². The number of aromatic nitrogens is 3. The van der Waals surface area contributed by atoms with Gasteiger partial charge in [-0.2, -0.15) is 0 Å². The number of aromatic amines is 1. The summed E-state index contributed by atoms with van der Waals surface area (Å²) >= 11 is 1.22. The molecule has 36 heavy (non-hydrogen) atoms. The first kappa shape index (κ1) is 24.9. The van der Waals surface area contributed by atoms with Crippen LogP contribution in [0, 0.1) is 6.92 Å². The molecule has 1 aromatic heterocycles. The molecule has 4 rings (SSSR count). The molecule has 182 valence electrons. The summed E-state index contributed by atoms with van der Waals surface area (Å²) in [6, 6.07) is 24.6. The molecule has 1 unspecified atom stereocenters. The van der Waals surface area contributed by atoms with E-state index in [1.54, 1.807) is 24.3 Å². The third kappa shape index (κ3) is 6.70. The number of carbonyl (C=O) groups is 2. The second-order valence-corrected chi connectivity index (χ2v) is 9.12. The number of rotatable bonds is 9. The van der Waals surface area contributed by atoms with Crippen LogP contribution in [0.1, 0.15) is 45.8 Å². The Balaban J connectivity index is 1.33. The Morgan fingerprint density at radius 3 is 2.50 bits per heavy atom. The van der Waals surface area contributed by atoms with Gasteiger partial charge in [0.05, 0.1) is 23.0 Å². The fourth-order valence-electron chi connectivity index (χ4n) is 3.55. The van der Waals surface area contributed by atoms with Gasteiger partial charge in [-0.25, -0.2) is 4.98 Å². The van der Waals surface area contributed by atoms with Gasteiger partial charge in [-0.3, -0.25) is 14.7 Å². The van der Waals surface area contributed by atoms with E-state index in [0.29, 0.717) is 22.2 Å². The molecular weight excluding hydrogens is 470 g/mol. The Labute approximate surface area is 214 Å². The lowest BCUT2D eigenvalue weighted by molar-refractivity contribution is -0.113. The van der Waals surface area contributed by atoms with Crippen LogP contribution in [0.3, 0.4) is 0 Å². The molecule has 0 aliphatic rings. The van der Waals surface area contributed by atoms with Crippen LogP contribution in [0.5, 0.6) is 0 Å². The van der Waals surface area contributed by atoms with Crippen molar-refractivity contribution >= 4 is 41.4 Å². The number of benzene rings is 3. The van der Waals surface area contributed by atoms with Crippen LogP contribution >= 0.6 is 11.8 Å². The fourth-order valence-corrected chi connectivity index (χ4v) is 4.15. The number of anilines is 1. The SMILES string of the molecule is Cc1ccccc1C=Cc1nc(SCC(=O)Nc2ccccc2C(=O)NC(C)c2ccccc2)n[nH]1. The standard InChI is InChI=1S/C28H27N5O2S/c1-19-10-6-7-11-21(19)16-17-25-31-28(33-32-25)36-18-26(34)30-24-15-9-8-14-23(24)27(35)29-20(2)22-12-4-3-5-13-22/h3-17,20H,18H2,1-2H3,(H,29,35)(H,30,34)(H,31,32,33). The van der Waals surface area contributed by atoms with Crippen molar-refractivity contribution < 1.29 is 9.59 Å². The molecule has 0 aliphatic carbocycles. The van der Waals surface area contributed by atoms with E-state index in [1.165, 1.54) is 17.3 Å². The second kappa shape index (κ2) is 12.0. The average molecular weight is 498 g/mol. The summed E-state index contributed by atoms with van der Waals surface area (Å²) in [7, 11) is 0. The Morgan fingerprint density at radius 1 is 0.972 bits per heavy atom. The molecule has 0 radical (unpaired) electrons. The molecule has 0 bridgehead atoms. The van der Waals surface area contributed by atoms with Crippen LogP contribution in [0.15, 0.2) is 84.0 Å². The maximum Gasteiger partial charge on any atom is 0.253 e.